The van der Waals surface area contributed by atoms with Crippen molar-refractivity contribution in [2.45, 2.75) is 6.42 Å². The molecule has 0 spiro atoms. The summed E-state index contributed by atoms with van der Waals surface area (Å²) < 4.78 is 0. The summed E-state index contributed by atoms with van der Waals surface area (Å²) in [4.78, 5) is 14.7. The van der Waals surface area contributed by atoms with Gasteiger partial charge in [-0.25, -0.2) is 0 Å². The van der Waals surface area contributed by atoms with Crippen LogP contribution in [0.2, 0.25) is 0 Å². The second-order valence-electron chi connectivity index (χ2n) is 4.60. The molecule has 0 saturated carbocycles. The Morgan fingerprint density at radius 1 is 1.32 bits per heavy atom. The SMILES string of the molecule is CN(C)CCN(CCC(=O)O)c1cccc(C#N)c1. The van der Waals surface area contributed by atoms with Gasteiger partial charge in [-0.1, -0.05) is 6.07 Å². The van der Waals surface area contributed by atoms with Gasteiger partial charge in [-0.3, -0.25) is 4.79 Å². The second kappa shape index (κ2) is 7.39. The number of nitriles is 1. The topological polar surface area (TPSA) is 67.6 Å². The Hall–Kier alpha value is -2.06. The monoisotopic (exact) mass is 261 g/mol. The molecule has 1 aromatic rings. The van der Waals surface area contributed by atoms with Crippen molar-refractivity contribution in [1.82, 2.24) is 4.90 Å². The van der Waals surface area contributed by atoms with Crippen LogP contribution in [-0.4, -0.2) is 49.7 Å². The third-order valence-electron chi connectivity index (χ3n) is 2.75. The molecule has 19 heavy (non-hydrogen) atoms. The van der Waals surface area contributed by atoms with E-state index in [1.807, 2.05) is 36.0 Å². The van der Waals surface area contributed by atoms with Crippen LogP contribution in [0.1, 0.15) is 12.0 Å². The van der Waals surface area contributed by atoms with Crippen molar-refractivity contribution in [2.24, 2.45) is 0 Å². The summed E-state index contributed by atoms with van der Waals surface area (Å²) in [5.41, 5.74) is 1.48. The Balaban J connectivity index is 2.81. The van der Waals surface area contributed by atoms with E-state index < -0.39 is 5.97 Å². The zero-order valence-electron chi connectivity index (χ0n) is 11.3. The summed E-state index contributed by atoms with van der Waals surface area (Å²) in [7, 11) is 3.95. The number of carbonyl (C=O) groups is 1. The van der Waals surface area contributed by atoms with Crippen molar-refractivity contribution in [3.05, 3.63) is 29.8 Å². The molecule has 0 amide bonds. The van der Waals surface area contributed by atoms with Crippen molar-refractivity contribution < 1.29 is 9.90 Å². The number of carboxylic acids is 1. The summed E-state index contributed by atoms with van der Waals surface area (Å²) in [5.74, 6) is -0.814. The standard InChI is InChI=1S/C14H19N3O2/c1-16(2)8-9-17(7-6-14(18)19)13-5-3-4-12(10-13)11-15/h3-5,10H,6-9H2,1-2H3,(H,18,19). The second-order valence-corrected chi connectivity index (χ2v) is 4.60. The lowest BCUT2D eigenvalue weighted by molar-refractivity contribution is -0.136. The normalized spacial score (nSPS) is 10.2. The molecule has 102 valence electrons. The smallest absolute Gasteiger partial charge is 0.305 e. The van der Waals surface area contributed by atoms with E-state index in [0.717, 1.165) is 18.8 Å². The summed E-state index contributed by atoms with van der Waals surface area (Å²) in [6.07, 6.45) is 0.0875. The first-order valence-electron chi connectivity index (χ1n) is 6.14. The van der Waals surface area contributed by atoms with E-state index in [0.29, 0.717) is 12.1 Å². The Kier molecular flexibility index (Phi) is 5.83. The number of hydrogen-bond donors (Lipinski definition) is 1. The third kappa shape index (κ3) is 5.40. The van der Waals surface area contributed by atoms with Crippen LogP contribution in [0.15, 0.2) is 24.3 Å². The number of hydrogen-bond acceptors (Lipinski definition) is 4. The molecule has 0 heterocycles. The van der Waals surface area contributed by atoms with Gasteiger partial charge in [0.15, 0.2) is 0 Å². The van der Waals surface area contributed by atoms with Gasteiger partial charge in [-0.2, -0.15) is 5.26 Å². The highest BCUT2D eigenvalue weighted by atomic mass is 16.4. The Morgan fingerprint density at radius 3 is 2.63 bits per heavy atom. The van der Waals surface area contributed by atoms with Gasteiger partial charge >= 0.3 is 5.97 Å². The van der Waals surface area contributed by atoms with Gasteiger partial charge in [0.05, 0.1) is 18.1 Å². The average Bonchev–Trinajstić information content (AvgIpc) is 2.38. The molecule has 0 saturated heterocycles. The molecule has 5 nitrogen and oxygen atoms in total. The lowest BCUT2D eigenvalue weighted by atomic mass is 10.2. The predicted octanol–water partition coefficient (Wildman–Crippen LogP) is 1.40. The Bertz CT molecular complexity index is 466. The molecular weight excluding hydrogens is 242 g/mol. The van der Waals surface area contributed by atoms with Gasteiger partial charge in [0.2, 0.25) is 0 Å². The van der Waals surface area contributed by atoms with E-state index in [2.05, 4.69) is 6.07 Å². The Morgan fingerprint density at radius 2 is 2.05 bits per heavy atom. The van der Waals surface area contributed by atoms with Crippen LogP contribution in [-0.2, 0) is 4.79 Å². The molecule has 0 radical (unpaired) electrons. The van der Waals surface area contributed by atoms with Crippen molar-refractivity contribution in [2.75, 3.05) is 38.6 Å². The number of anilines is 1. The largest absolute Gasteiger partial charge is 0.481 e. The number of aliphatic carboxylic acids is 1. The van der Waals surface area contributed by atoms with Crippen LogP contribution in [0.4, 0.5) is 5.69 Å². The van der Waals surface area contributed by atoms with Crippen molar-refractivity contribution >= 4 is 11.7 Å². The third-order valence-corrected chi connectivity index (χ3v) is 2.75. The van der Waals surface area contributed by atoms with Gasteiger partial charge in [0.25, 0.3) is 0 Å². The molecule has 5 heteroatoms. The first-order valence-corrected chi connectivity index (χ1v) is 6.14. The Labute approximate surface area is 113 Å². The predicted molar refractivity (Wildman–Crippen MR) is 74.2 cm³/mol. The van der Waals surface area contributed by atoms with Gasteiger partial charge in [-0.05, 0) is 32.3 Å². The van der Waals surface area contributed by atoms with E-state index in [1.54, 1.807) is 12.1 Å². The van der Waals surface area contributed by atoms with Crippen molar-refractivity contribution in [3.63, 3.8) is 0 Å². The maximum atomic E-state index is 10.7. The van der Waals surface area contributed by atoms with E-state index in [9.17, 15) is 4.79 Å². The first-order chi connectivity index (χ1) is 9.02. The molecule has 0 atom stereocenters. The minimum Gasteiger partial charge on any atom is -0.481 e. The molecule has 0 aliphatic heterocycles. The highest BCUT2D eigenvalue weighted by Gasteiger charge is 2.09. The number of likely N-dealkylation sites (N-methyl/N-ethyl adjacent to an activating group) is 1. The lowest BCUT2D eigenvalue weighted by Gasteiger charge is -2.26. The van der Waals surface area contributed by atoms with Gasteiger partial charge < -0.3 is 14.9 Å². The minimum atomic E-state index is -0.814. The number of nitrogens with zero attached hydrogens (tertiary/aromatic N) is 3. The van der Waals surface area contributed by atoms with Crippen LogP contribution >= 0.6 is 0 Å². The quantitative estimate of drug-likeness (QED) is 0.803. The summed E-state index contributed by atoms with van der Waals surface area (Å²) >= 11 is 0. The molecule has 1 aromatic carbocycles. The molecule has 0 aliphatic rings. The van der Waals surface area contributed by atoms with Gasteiger partial charge in [0.1, 0.15) is 0 Å². The molecule has 0 aliphatic carbocycles. The first kappa shape index (κ1) is 15.0. The fraction of sp³-hybridized carbons (Fsp3) is 0.429. The summed E-state index contributed by atoms with van der Waals surface area (Å²) in [5, 5.41) is 17.7. The maximum absolute atomic E-state index is 10.7. The van der Waals surface area contributed by atoms with Crippen molar-refractivity contribution in [1.29, 1.82) is 5.26 Å². The molecule has 1 rings (SSSR count). The average molecular weight is 261 g/mol. The summed E-state index contributed by atoms with van der Waals surface area (Å²) in [6.45, 7) is 2.00. The zero-order valence-corrected chi connectivity index (χ0v) is 11.3. The number of carboxylic acid groups (broad SMARTS) is 1. The van der Waals surface area contributed by atoms with E-state index in [4.69, 9.17) is 10.4 Å². The van der Waals surface area contributed by atoms with Crippen LogP contribution in [0.3, 0.4) is 0 Å². The van der Waals surface area contributed by atoms with E-state index in [-0.39, 0.29) is 6.42 Å². The molecule has 0 unspecified atom stereocenters. The van der Waals surface area contributed by atoms with Gasteiger partial charge in [-0.15, -0.1) is 0 Å². The van der Waals surface area contributed by atoms with Crippen LogP contribution in [0, 0.1) is 11.3 Å². The molecule has 0 fully saturated rings. The fourth-order valence-corrected chi connectivity index (χ4v) is 1.69. The fourth-order valence-electron chi connectivity index (χ4n) is 1.69. The molecule has 0 aromatic heterocycles. The van der Waals surface area contributed by atoms with E-state index in [1.165, 1.54) is 0 Å². The molecule has 0 bridgehead atoms. The molecule has 1 N–H and O–H groups in total. The maximum Gasteiger partial charge on any atom is 0.305 e. The van der Waals surface area contributed by atoms with Crippen LogP contribution in [0.25, 0.3) is 0 Å². The minimum absolute atomic E-state index is 0.0875. The number of rotatable bonds is 7. The highest BCUT2D eigenvalue weighted by Crippen LogP contribution is 2.16. The number of benzene rings is 1. The van der Waals surface area contributed by atoms with Crippen molar-refractivity contribution in [3.8, 4) is 6.07 Å². The highest BCUT2D eigenvalue weighted by molar-refractivity contribution is 5.67. The van der Waals surface area contributed by atoms with Crippen LogP contribution < -0.4 is 4.90 Å². The zero-order chi connectivity index (χ0) is 14.3. The summed E-state index contributed by atoms with van der Waals surface area (Å²) in [6, 6.07) is 9.35. The van der Waals surface area contributed by atoms with E-state index >= 15 is 0 Å². The van der Waals surface area contributed by atoms with Crippen LogP contribution in [0.5, 0.6) is 0 Å². The van der Waals surface area contributed by atoms with Gasteiger partial charge in [0, 0.05) is 25.3 Å². The lowest BCUT2D eigenvalue weighted by Crippen LogP contribution is -2.33. The molecular formula is C14H19N3O2.